The molecule has 7 nitrogen and oxygen atoms in total. The number of likely N-dealkylation sites (tertiary alicyclic amines) is 1. The first-order chi connectivity index (χ1) is 11.4. The molecule has 2 aromatic rings. The summed E-state index contributed by atoms with van der Waals surface area (Å²) >= 11 is 0. The molecule has 0 atom stereocenters. The van der Waals surface area contributed by atoms with E-state index in [4.69, 9.17) is 9.52 Å². The van der Waals surface area contributed by atoms with E-state index >= 15 is 0 Å². The van der Waals surface area contributed by atoms with E-state index in [1.54, 1.807) is 6.92 Å². The Bertz CT molecular complexity index is 761. The minimum atomic E-state index is -1.76. The summed E-state index contributed by atoms with van der Waals surface area (Å²) in [6.45, 7) is 2.01. The molecular formula is C17H18N2O5. The predicted molar refractivity (Wildman–Crippen MR) is 84.4 cm³/mol. The Labute approximate surface area is 138 Å². The Morgan fingerprint density at radius 3 is 2.42 bits per heavy atom. The van der Waals surface area contributed by atoms with Gasteiger partial charge in [0.2, 0.25) is 11.7 Å². The van der Waals surface area contributed by atoms with Gasteiger partial charge in [0.05, 0.1) is 5.69 Å². The number of hydrogen-bond acceptors (Lipinski definition) is 5. The molecule has 0 saturated carbocycles. The number of oxazole rings is 1. The molecular weight excluding hydrogens is 312 g/mol. The highest BCUT2D eigenvalue weighted by Gasteiger charge is 2.41. The number of piperidine rings is 1. The van der Waals surface area contributed by atoms with Crippen LogP contribution in [0.25, 0.3) is 11.5 Å². The number of carbonyl (C=O) groups excluding carboxylic acids is 1. The SMILES string of the molecule is Cc1nc(-c2ccccc2)oc1C(=O)N1CCC(O)(C(=O)O)CC1. The zero-order valence-electron chi connectivity index (χ0n) is 13.2. The fourth-order valence-electron chi connectivity index (χ4n) is 2.74. The average molecular weight is 330 g/mol. The summed E-state index contributed by atoms with van der Waals surface area (Å²) in [6, 6.07) is 9.27. The fraction of sp³-hybridized carbons (Fsp3) is 0.353. The van der Waals surface area contributed by atoms with E-state index in [9.17, 15) is 14.7 Å². The van der Waals surface area contributed by atoms with E-state index in [0.717, 1.165) is 5.56 Å². The molecule has 7 heteroatoms. The first-order valence-corrected chi connectivity index (χ1v) is 7.68. The molecule has 1 aromatic carbocycles. The Balaban J connectivity index is 1.77. The number of aryl methyl sites for hydroxylation is 1. The van der Waals surface area contributed by atoms with Crippen LogP contribution in [0.5, 0.6) is 0 Å². The maximum absolute atomic E-state index is 12.6. The van der Waals surface area contributed by atoms with Crippen LogP contribution in [0.4, 0.5) is 0 Å². The number of hydrogen-bond donors (Lipinski definition) is 2. The maximum atomic E-state index is 12.6. The van der Waals surface area contributed by atoms with Gasteiger partial charge in [0, 0.05) is 31.5 Å². The van der Waals surface area contributed by atoms with E-state index in [1.165, 1.54) is 4.90 Å². The standard InChI is InChI=1S/C17H18N2O5/c1-11-13(24-14(18-11)12-5-3-2-4-6-12)15(20)19-9-7-17(23,8-10-19)16(21)22/h2-6,23H,7-10H2,1H3,(H,21,22). The number of amides is 1. The second-order valence-corrected chi connectivity index (χ2v) is 5.93. The van der Waals surface area contributed by atoms with Gasteiger partial charge in [-0.15, -0.1) is 0 Å². The summed E-state index contributed by atoms with van der Waals surface area (Å²) in [7, 11) is 0. The van der Waals surface area contributed by atoms with Crippen molar-refractivity contribution in [1.82, 2.24) is 9.88 Å². The van der Waals surface area contributed by atoms with E-state index in [-0.39, 0.29) is 37.6 Å². The molecule has 3 rings (SSSR count). The molecule has 0 radical (unpaired) electrons. The number of benzene rings is 1. The van der Waals surface area contributed by atoms with Gasteiger partial charge in [-0.2, -0.15) is 0 Å². The smallest absolute Gasteiger partial charge is 0.335 e. The molecule has 0 unspecified atom stereocenters. The number of aliphatic carboxylic acids is 1. The lowest BCUT2D eigenvalue weighted by Crippen LogP contribution is -2.50. The van der Waals surface area contributed by atoms with Crippen LogP contribution >= 0.6 is 0 Å². The first kappa shape index (κ1) is 16.2. The number of aliphatic hydroxyl groups is 1. The summed E-state index contributed by atoms with van der Waals surface area (Å²) in [6.07, 6.45) is -0.0143. The van der Waals surface area contributed by atoms with Crippen LogP contribution in [0.1, 0.15) is 29.1 Å². The fourth-order valence-corrected chi connectivity index (χ4v) is 2.74. The molecule has 1 amide bonds. The zero-order valence-corrected chi connectivity index (χ0v) is 13.2. The van der Waals surface area contributed by atoms with Crippen LogP contribution in [-0.2, 0) is 4.79 Å². The van der Waals surface area contributed by atoms with Gasteiger partial charge in [0.1, 0.15) is 0 Å². The second-order valence-electron chi connectivity index (χ2n) is 5.93. The van der Waals surface area contributed by atoms with Gasteiger partial charge >= 0.3 is 5.97 Å². The molecule has 1 saturated heterocycles. The monoisotopic (exact) mass is 330 g/mol. The second kappa shape index (κ2) is 6.09. The number of aromatic nitrogens is 1. The normalized spacial score (nSPS) is 16.8. The number of carboxylic acid groups (broad SMARTS) is 1. The third-order valence-electron chi connectivity index (χ3n) is 4.29. The molecule has 2 heterocycles. The van der Waals surface area contributed by atoms with E-state index in [2.05, 4.69) is 4.98 Å². The van der Waals surface area contributed by atoms with Gasteiger partial charge in [0.15, 0.2) is 5.60 Å². The van der Waals surface area contributed by atoms with Crippen LogP contribution in [0.15, 0.2) is 34.7 Å². The molecule has 126 valence electrons. The van der Waals surface area contributed by atoms with Crippen LogP contribution in [0, 0.1) is 6.92 Å². The van der Waals surface area contributed by atoms with Crippen LogP contribution in [-0.4, -0.2) is 50.7 Å². The Morgan fingerprint density at radius 2 is 1.83 bits per heavy atom. The number of carboxylic acids is 1. The lowest BCUT2D eigenvalue weighted by molar-refractivity contribution is -0.162. The molecule has 1 aliphatic heterocycles. The van der Waals surface area contributed by atoms with E-state index < -0.39 is 11.6 Å². The average Bonchev–Trinajstić information content (AvgIpc) is 2.97. The topological polar surface area (TPSA) is 104 Å². The number of nitrogens with zero attached hydrogens (tertiary/aromatic N) is 2. The third kappa shape index (κ3) is 2.90. The van der Waals surface area contributed by atoms with Gasteiger partial charge in [0.25, 0.3) is 5.91 Å². The number of carbonyl (C=O) groups is 2. The largest absolute Gasteiger partial charge is 0.479 e. The van der Waals surface area contributed by atoms with Gasteiger partial charge in [-0.05, 0) is 19.1 Å². The summed E-state index contributed by atoms with van der Waals surface area (Å²) in [5.74, 6) is -1.07. The molecule has 2 N–H and O–H groups in total. The van der Waals surface area contributed by atoms with Gasteiger partial charge in [-0.25, -0.2) is 9.78 Å². The zero-order chi connectivity index (χ0) is 17.3. The van der Waals surface area contributed by atoms with Crippen LogP contribution < -0.4 is 0 Å². The Hall–Kier alpha value is -2.67. The van der Waals surface area contributed by atoms with Crippen molar-refractivity contribution >= 4 is 11.9 Å². The van der Waals surface area contributed by atoms with Crippen molar-refractivity contribution in [2.24, 2.45) is 0 Å². The lowest BCUT2D eigenvalue weighted by Gasteiger charge is -2.34. The van der Waals surface area contributed by atoms with E-state index in [1.807, 2.05) is 30.3 Å². The van der Waals surface area contributed by atoms with Gasteiger partial charge in [-0.3, -0.25) is 4.79 Å². The van der Waals surface area contributed by atoms with Crippen molar-refractivity contribution in [3.8, 4) is 11.5 Å². The van der Waals surface area contributed by atoms with Crippen molar-refractivity contribution in [2.75, 3.05) is 13.1 Å². The summed E-state index contributed by atoms with van der Waals surface area (Å²) < 4.78 is 5.63. The maximum Gasteiger partial charge on any atom is 0.335 e. The quantitative estimate of drug-likeness (QED) is 0.888. The highest BCUT2D eigenvalue weighted by molar-refractivity contribution is 5.93. The molecule has 1 fully saturated rings. The Kier molecular flexibility index (Phi) is 4.11. The molecule has 0 spiro atoms. The van der Waals surface area contributed by atoms with Gasteiger partial charge < -0.3 is 19.5 Å². The van der Waals surface area contributed by atoms with E-state index in [0.29, 0.717) is 11.6 Å². The highest BCUT2D eigenvalue weighted by Crippen LogP contribution is 2.26. The summed E-state index contributed by atoms with van der Waals surface area (Å²) in [5, 5.41) is 19.0. The van der Waals surface area contributed by atoms with Crippen LogP contribution in [0.3, 0.4) is 0 Å². The Morgan fingerprint density at radius 1 is 1.21 bits per heavy atom. The molecule has 24 heavy (non-hydrogen) atoms. The first-order valence-electron chi connectivity index (χ1n) is 7.68. The number of rotatable bonds is 3. The lowest BCUT2D eigenvalue weighted by atomic mass is 9.91. The predicted octanol–water partition coefficient (Wildman–Crippen LogP) is 1.70. The van der Waals surface area contributed by atoms with Crippen molar-refractivity contribution in [2.45, 2.75) is 25.4 Å². The van der Waals surface area contributed by atoms with Crippen molar-refractivity contribution in [1.29, 1.82) is 0 Å². The molecule has 0 aliphatic carbocycles. The third-order valence-corrected chi connectivity index (χ3v) is 4.29. The summed E-state index contributed by atoms with van der Waals surface area (Å²) in [4.78, 5) is 29.4. The minimum absolute atomic E-state index is 0.00714. The van der Waals surface area contributed by atoms with Crippen molar-refractivity contribution in [3.05, 3.63) is 41.8 Å². The molecule has 1 aliphatic rings. The molecule has 1 aromatic heterocycles. The highest BCUT2D eigenvalue weighted by atomic mass is 16.4. The van der Waals surface area contributed by atoms with Gasteiger partial charge in [-0.1, -0.05) is 18.2 Å². The van der Waals surface area contributed by atoms with Crippen molar-refractivity contribution < 1.29 is 24.2 Å². The molecule has 0 bridgehead atoms. The van der Waals surface area contributed by atoms with Crippen LogP contribution in [0.2, 0.25) is 0 Å². The minimum Gasteiger partial charge on any atom is -0.479 e. The van der Waals surface area contributed by atoms with Crippen molar-refractivity contribution in [3.63, 3.8) is 0 Å². The summed E-state index contributed by atoms with van der Waals surface area (Å²) in [5.41, 5.74) is -0.501.